The van der Waals surface area contributed by atoms with Crippen molar-refractivity contribution in [2.45, 2.75) is 32.8 Å². The number of carbonyl (C=O) groups excluding carboxylic acids is 1. The van der Waals surface area contributed by atoms with Crippen LogP contribution in [0.5, 0.6) is 0 Å². The Balaban J connectivity index is 2.28. The van der Waals surface area contributed by atoms with Crippen LogP contribution in [-0.2, 0) is 4.79 Å². The van der Waals surface area contributed by atoms with E-state index in [2.05, 4.69) is 10.6 Å². The van der Waals surface area contributed by atoms with E-state index < -0.39 is 0 Å². The molecular weight excluding hydrogens is 228 g/mol. The summed E-state index contributed by atoms with van der Waals surface area (Å²) in [6.07, 6.45) is 1.33. The molecule has 0 bridgehead atoms. The molecule has 1 unspecified atom stereocenters. The maximum Gasteiger partial charge on any atom is 0.238 e. The zero-order chi connectivity index (χ0) is 13.4. The summed E-state index contributed by atoms with van der Waals surface area (Å²) >= 11 is 0. The van der Waals surface area contributed by atoms with Crippen molar-refractivity contribution in [2.24, 2.45) is 0 Å². The van der Waals surface area contributed by atoms with Crippen LogP contribution in [-0.4, -0.2) is 30.2 Å². The molecule has 4 nitrogen and oxygen atoms in total. The third-order valence-electron chi connectivity index (χ3n) is 2.71. The van der Waals surface area contributed by atoms with E-state index in [-0.39, 0.29) is 18.6 Å². The Morgan fingerprint density at radius 3 is 2.78 bits per heavy atom. The summed E-state index contributed by atoms with van der Waals surface area (Å²) in [6, 6.07) is 7.65. The SMILES string of the molecule is CCCC(O)CNCC(=O)Nc1ccccc1C. The van der Waals surface area contributed by atoms with Crippen molar-refractivity contribution < 1.29 is 9.90 Å². The summed E-state index contributed by atoms with van der Waals surface area (Å²) in [5.41, 5.74) is 1.87. The number of hydrogen-bond acceptors (Lipinski definition) is 3. The molecule has 0 aromatic heterocycles. The van der Waals surface area contributed by atoms with Crippen molar-refractivity contribution in [3.63, 3.8) is 0 Å². The monoisotopic (exact) mass is 250 g/mol. The van der Waals surface area contributed by atoms with Crippen LogP contribution in [0.2, 0.25) is 0 Å². The van der Waals surface area contributed by atoms with Crippen LogP contribution in [0, 0.1) is 6.92 Å². The van der Waals surface area contributed by atoms with Gasteiger partial charge in [-0.15, -0.1) is 0 Å². The van der Waals surface area contributed by atoms with E-state index in [0.717, 1.165) is 24.1 Å². The number of hydrogen-bond donors (Lipinski definition) is 3. The highest BCUT2D eigenvalue weighted by Crippen LogP contribution is 2.12. The van der Waals surface area contributed by atoms with Gasteiger partial charge in [0.2, 0.25) is 5.91 Å². The van der Waals surface area contributed by atoms with Crippen LogP contribution in [0.3, 0.4) is 0 Å². The minimum atomic E-state index is -0.374. The second-order valence-corrected chi connectivity index (χ2v) is 4.44. The standard InChI is InChI=1S/C14H22N2O2/c1-3-6-12(17)9-15-10-14(18)16-13-8-5-4-7-11(13)2/h4-5,7-8,12,15,17H,3,6,9-10H2,1-2H3,(H,16,18). The Labute approximate surface area is 108 Å². The summed E-state index contributed by atoms with van der Waals surface area (Å²) < 4.78 is 0. The van der Waals surface area contributed by atoms with Gasteiger partial charge in [-0.05, 0) is 25.0 Å². The highest BCUT2D eigenvalue weighted by Gasteiger charge is 2.06. The van der Waals surface area contributed by atoms with Crippen molar-refractivity contribution >= 4 is 11.6 Å². The Morgan fingerprint density at radius 2 is 2.11 bits per heavy atom. The van der Waals surface area contributed by atoms with Gasteiger partial charge in [-0.25, -0.2) is 0 Å². The maximum atomic E-state index is 11.6. The first-order valence-electron chi connectivity index (χ1n) is 6.37. The minimum Gasteiger partial charge on any atom is -0.392 e. The molecule has 0 saturated heterocycles. The van der Waals surface area contributed by atoms with E-state index in [9.17, 15) is 9.90 Å². The number of carbonyl (C=O) groups is 1. The van der Waals surface area contributed by atoms with Crippen molar-refractivity contribution in [1.82, 2.24) is 5.32 Å². The second kappa shape index (κ2) is 7.84. The quantitative estimate of drug-likeness (QED) is 0.690. The van der Waals surface area contributed by atoms with E-state index in [1.54, 1.807) is 0 Å². The van der Waals surface area contributed by atoms with Crippen LogP contribution in [0.4, 0.5) is 5.69 Å². The summed E-state index contributed by atoms with van der Waals surface area (Å²) in [4.78, 5) is 11.6. The highest BCUT2D eigenvalue weighted by molar-refractivity contribution is 5.92. The molecule has 1 aromatic carbocycles. The fourth-order valence-corrected chi connectivity index (χ4v) is 1.70. The summed E-state index contributed by atoms with van der Waals surface area (Å²) in [6.45, 7) is 4.65. The first-order valence-corrected chi connectivity index (χ1v) is 6.37. The molecule has 3 N–H and O–H groups in total. The van der Waals surface area contributed by atoms with Crippen molar-refractivity contribution in [2.75, 3.05) is 18.4 Å². The van der Waals surface area contributed by atoms with Gasteiger partial charge < -0.3 is 15.7 Å². The average Bonchev–Trinajstić information content (AvgIpc) is 2.32. The van der Waals surface area contributed by atoms with Gasteiger partial charge in [0.05, 0.1) is 12.6 Å². The third-order valence-corrected chi connectivity index (χ3v) is 2.71. The molecule has 0 radical (unpaired) electrons. The summed E-state index contributed by atoms with van der Waals surface area (Å²) in [5.74, 6) is -0.0898. The van der Waals surface area contributed by atoms with E-state index in [1.165, 1.54) is 0 Å². The van der Waals surface area contributed by atoms with Gasteiger partial charge in [-0.2, -0.15) is 0 Å². The molecule has 0 spiro atoms. The van der Waals surface area contributed by atoms with Gasteiger partial charge in [-0.3, -0.25) is 4.79 Å². The molecule has 0 aliphatic rings. The van der Waals surface area contributed by atoms with E-state index in [1.807, 2.05) is 38.1 Å². The molecule has 0 saturated carbocycles. The molecule has 0 heterocycles. The number of para-hydroxylation sites is 1. The van der Waals surface area contributed by atoms with Gasteiger partial charge in [-0.1, -0.05) is 31.5 Å². The largest absolute Gasteiger partial charge is 0.392 e. The van der Waals surface area contributed by atoms with Gasteiger partial charge in [0.25, 0.3) is 0 Å². The minimum absolute atomic E-state index is 0.0898. The van der Waals surface area contributed by atoms with Crippen LogP contribution < -0.4 is 10.6 Å². The van der Waals surface area contributed by atoms with Gasteiger partial charge in [0.15, 0.2) is 0 Å². The number of nitrogens with one attached hydrogen (secondary N) is 2. The Hall–Kier alpha value is -1.39. The maximum absolute atomic E-state index is 11.6. The Bertz CT molecular complexity index is 380. The van der Waals surface area contributed by atoms with Gasteiger partial charge >= 0.3 is 0 Å². The van der Waals surface area contributed by atoms with Crippen LogP contribution in [0.15, 0.2) is 24.3 Å². The number of anilines is 1. The molecule has 1 atom stereocenters. The summed E-state index contributed by atoms with van der Waals surface area (Å²) in [5, 5.41) is 15.3. The van der Waals surface area contributed by atoms with Gasteiger partial charge in [0.1, 0.15) is 0 Å². The molecule has 100 valence electrons. The lowest BCUT2D eigenvalue weighted by molar-refractivity contribution is -0.115. The number of aliphatic hydroxyl groups is 1. The van der Waals surface area contributed by atoms with Crippen LogP contribution in [0.1, 0.15) is 25.3 Å². The fraction of sp³-hybridized carbons (Fsp3) is 0.500. The van der Waals surface area contributed by atoms with E-state index in [0.29, 0.717) is 6.54 Å². The normalized spacial score (nSPS) is 12.2. The first kappa shape index (κ1) is 14.7. The molecule has 1 rings (SSSR count). The zero-order valence-electron chi connectivity index (χ0n) is 11.1. The molecule has 0 aliphatic carbocycles. The van der Waals surface area contributed by atoms with Crippen LogP contribution >= 0.6 is 0 Å². The average molecular weight is 250 g/mol. The molecule has 1 amide bonds. The Kier molecular flexibility index (Phi) is 6.39. The van der Waals surface area contributed by atoms with Crippen molar-refractivity contribution in [3.8, 4) is 0 Å². The van der Waals surface area contributed by atoms with Crippen molar-refractivity contribution in [3.05, 3.63) is 29.8 Å². The number of benzene rings is 1. The van der Waals surface area contributed by atoms with Gasteiger partial charge in [0, 0.05) is 12.2 Å². The smallest absolute Gasteiger partial charge is 0.238 e. The molecule has 4 heteroatoms. The van der Waals surface area contributed by atoms with E-state index >= 15 is 0 Å². The highest BCUT2D eigenvalue weighted by atomic mass is 16.3. The predicted molar refractivity (Wildman–Crippen MR) is 73.6 cm³/mol. The van der Waals surface area contributed by atoms with Crippen LogP contribution in [0.25, 0.3) is 0 Å². The summed E-state index contributed by atoms with van der Waals surface area (Å²) in [7, 11) is 0. The lowest BCUT2D eigenvalue weighted by Crippen LogP contribution is -2.33. The lowest BCUT2D eigenvalue weighted by atomic mass is 10.2. The Morgan fingerprint density at radius 1 is 1.39 bits per heavy atom. The number of aliphatic hydroxyl groups excluding tert-OH is 1. The second-order valence-electron chi connectivity index (χ2n) is 4.44. The number of rotatable bonds is 7. The third kappa shape index (κ3) is 5.29. The number of amides is 1. The van der Waals surface area contributed by atoms with Crippen molar-refractivity contribution in [1.29, 1.82) is 0 Å². The molecule has 1 aromatic rings. The molecular formula is C14H22N2O2. The fourth-order valence-electron chi connectivity index (χ4n) is 1.70. The predicted octanol–water partition coefficient (Wildman–Crippen LogP) is 1.68. The molecule has 0 aliphatic heterocycles. The molecule has 18 heavy (non-hydrogen) atoms. The van der Waals surface area contributed by atoms with E-state index in [4.69, 9.17) is 0 Å². The zero-order valence-corrected chi connectivity index (χ0v) is 11.1. The lowest BCUT2D eigenvalue weighted by Gasteiger charge is -2.11. The molecule has 0 fully saturated rings. The topological polar surface area (TPSA) is 61.4 Å². The first-order chi connectivity index (χ1) is 8.63. The number of aryl methyl sites for hydroxylation is 1.